The standard InChI is InChI=1S/C27H45ClN2O8.C3H3ClO.2CH4/c1-8-22(32)38-24(19(6)31)23(28)25(33)30-21(16-18(4)5)27(35)37-14-12-10-9-11-13-36-26(34)20(29-7)15-17(2)3;1-2-3(4)5;;/h8,17-18,20-21,23-24,29H,1,9-16H2,2-7H3,(H,30,33);2H,1H2;2*1H4. The minimum absolute atomic E-state index is 0. The number of amides is 1. The first-order valence-electron chi connectivity index (χ1n) is 14.2. The van der Waals surface area contributed by atoms with Crippen molar-refractivity contribution in [2.75, 3.05) is 20.3 Å². The predicted molar refractivity (Wildman–Crippen MR) is 179 cm³/mol. The maximum absolute atomic E-state index is 12.6. The van der Waals surface area contributed by atoms with Crippen LogP contribution in [0.3, 0.4) is 0 Å². The second kappa shape index (κ2) is 28.7. The molecule has 4 atom stereocenters. The lowest BCUT2D eigenvalue weighted by Gasteiger charge is -2.23. The quantitative estimate of drug-likeness (QED) is 0.0407. The van der Waals surface area contributed by atoms with Crippen molar-refractivity contribution in [2.45, 2.75) is 112 Å². The van der Waals surface area contributed by atoms with E-state index in [-0.39, 0.29) is 39.4 Å². The van der Waals surface area contributed by atoms with Crippen LogP contribution in [0.1, 0.15) is 88.0 Å². The summed E-state index contributed by atoms with van der Waals surface area (Å²) in [7, 11) is 1.74. The van der Waals surface area contributed by atoms with Crippen LogP contribution in [0.2, 0.25) is 0 Å². The second-order valence-electron chi connectivity index (χ2n) is 10.5. The summed E-state index contributed by atoms with van der Waals surface area (Å²) in [6.07, 6.45) is 4.27. The molecule has 0 spiro atoms. The topological polar surface area (TPSA) is 154 Å². The Morgan fingerprint density at radius 2 is 1.20 bits per heavy atom. The molecule has 11 nitrogen and oxygen atoms in total. The highest BCUT2D eigenvalue weighted by molar-refractivity contribution is 6.66. The second-order valence-corrected chi connectivity index (χ2v) is 11.3. The van der Waals surface area contributed by atoms with Crippen LogP contribution in [0, 0.1) is 11.8 Å². The molecule has 0 saturated carbocycles. The predicted octanol–water partition coefficient (Wildman–Crippen LogP) is 5.30. The number of allylic oxidation sites excluding steroid dienone is 1. The van der Waals surface area contributed by atoms with Crippen molar-refractivity contribution in [2.24, 2.45) is 11.8 Å². The molecule has 4 unspecified atom stereocenters. The molecule has 0 fully saturated rings. The molecule has 0 aromatic heterocycles. The highest BCUT2D eigenvalue weighted by Crippen LogP contribution is 2.13. The number of rotatable bonds is 21. The summed E-state index contributed by atoms with van der Waals surface area (Å²) in [6.45, 7) is 15.8. The van der Waals surface area contributed by atoms with Gasteiger partial charge in [0.1, 0.15) is 12.1 Å². The van der Waals surface area contributed by atoms with E-state index in [1.165, 1.54) is 0 Å². The summed E-state index contributed by atoms with van der Waals surface area (Å²) in [6, 6.07) is -1.28. The number of hydrogen-bond acceptors (Lipinski definition) is 10. The van der Waals surface area contributed by atoms with E-state index >= 15 is 0 Å². The molecule has 0 radical (unpaired) electrons. The Hall–Kier alpha value is -2.76. The van der Waals surface area contributed by atoms with Crippen molar-refractivity contribution in [3.05, 3.63) is 25.3 Å². The zero-order valence-electron chi connectivity index (χ0n) is 26.1. The van der Waals surface area contributed by atoms with Crippen LogP contribution >= 0.6 is 23.2 Å². The van der Waals surface area contributed by atoms with Crippen molar-refractivity contribution >= 4 is 58.0 Å². The van der Waals surface area contributed by atoms with Gasteiger partial charge in [-0.15, -0.1) is 11.6 Å². The van der Waals surface area contributed by atoms with E-state index in [0.717, 1.165) is 31.9 Å². The van der Waals surface area contributed by atoms with Gasteiger partial charge in [-0.25, -0.2) is 9.59 Å². The van der Waals surface area contributed by atoms with Gasteiger partial charge in [0.15, 0.2) is 17.3 Å². The van der Waals surface area contributed by atoms with Crippen molar-refractivity contribution in [3.63, 3.8) is 0 Å². The molecule has 0 aliphatic carbocycles. The minimum Gasteiger partial charge on any atom is -0.465 e. The van der Waals surface area contributed by atoms with E-state index in [1.54, 1.807) is 7.05 Å². The molecular formula is C32H56Cl2N2O9. The molecule has 0 aliphatic heterocycles. The number of likely N-dealkylation sites (N-methyl/N-ethyl adjacent to an activating group) is 1. The summed E-state index contributed by atoms with van der Waals surface area (Å²) < 4.78 is 15.6. The van der Waals surface area contributed by atoms with Gasteiger partial charge in [-0.1, -0.05) is 55.7 Å². The van der Waals surface area contributed by atoms with E-state index in [0.29, 0.717) is 38.2 Å². The van der Waals surface area contributed by atoms with E-state index in [1.807, 2.05) is 27.7 Å². The third-order valence-electron chi connectivity index (χ3n) is 5.66. The average Bonchev–Trinajstić information content (AvgIpc) is 2.94. The number of nitrogens with one attached hydrogen (secondary N) is 2. The molecule has 0 rings (SSSR count). The first-order valence-corrected chi connectivity index (χ1v) is 15.0. The van der Waals surface area contributed by atoms with Crippen LogP contribution in [0.15, 0.2) is 25.3 Å². The molecule has 0 heterocycles. The van der Waals surface area contributed by atoms with Gasteiger partial charge >= 0.3 is 17.9 Å². The zero-order valence-corrected chi connectivity index (χ0v) is 27.6. The average molecular weight is 684 g/mol. The SMILES string of the molecule is C.C.C=CC(=O)Cl.C=CC(=O)OC(C(C)=O)C(Cl)C(=O)NC(CC(C)C)C(=O)OCCCCCCOC(=O)C(CC(C)C)NC. The third-order valence-corrected chi connectivity index (χ3v) is 6.24. The van der Waals surface area contributed by atoms with Crippen molar-refractivity contribution in [1.29, 1.82) is 0 Å². The van der Waals surface area contributed by atoms with Gasteiger partial charge in [0.2, 0.25) is 11.1 Å². The highest BCUT2D eigenvalue weighted by Gasteiger charge is 2.35. The fraction of sp³-hybridized carbons (Fsp3) is 0.688. The molecule has 0 aromatic rings. The summed E-state index contributed by atoms with van der Waals surface area (Å²) in [5.41, 5.74) is 0. The number of hydrogen-bond donors (Lipinski definition) is 2. The maximum atomic E-state index is 12.6. The summed E-state index contributed by atoms with van der Waals surface area (Å²) in [4.78, 5) is 70.1. The largest absolute Gasteiger partial charge is 0.465 e. The van der Waals surface area contributed by atoms with Gasteiger partial charge in [0, 0.05) is 6.08 Å². The normalized spacial score (nSPS) is 12.8. The molecule has 0 saturated heterocycles. The molecule has 262 valence electrons. The van der Waals surface area contributed by atoms with Crippen molar-refractivity contribution < 1.29 is 43.0 Å². The molecule has 0 aromatic carbocycles. The van der Waals surface area contributed by atoms with Gasteiger partial charge in [0.25, 0.3) is 0 Å². The number of unbranched alkanes of at least 4 members (excludes halogenated alkanes) is 3. The third kappa shape index (κ3) is 25.2. The molecule has 13 heteroatoms. The zero-order chi connectivity index (χ0) is 33.5. The first-order chi connectivity index (χ1) is 20.1. The fourth-order valence-electron chi connectivity index (χ4n) is 3.50. The number of Topliss-reactive ketones (excluding diaryl/α,β-unsaturated/α-hetero) is 1. The number of carbonyl (C=O) groups excluding carboxylic acids is 6. The van der Waals surface area contributed by atoms with E-state index in [9.17, 15) is 28.8 Å². The summed E-state index contributed by atoms with van der Waals surface area (Å²) in [5, 5.41) is 3.45. The number of carbonyl (C=O) groups is 6. The summed E-state index contributed by atoms with van der Waals surface area (Å²) in [5.74, 6) is -2.77. The number of halogens is 2. The highest BCUT2D eigenvalue weighted by atomic mass is 35.5. The Balaban J connectivity index is -0.00000110. The number of alkyl halides is 1. The molecular weight excluding hydrogens is 627 g/mol. The number of ether oxygens (including phenoxy) is 3. The minimum atomic E-state index is -1.53. The van der Waals surface area contributed by atoms with E-state index in [4.69, 9.17) is 37.4 Å². The van der Waals surface area contributed by atoms with Gasteiger partial charge in [0.05, 0.1) is 13.2 Å². The molecule has 0 bridgehead atoms. The van der Waals surface area contributed by atoms with Crippen LogP contribution in [0.5, 0.6) is 0 Å². The van der Waals surface area contributed by atoms with Crippen LogP contribution in [0.25, 0.3) is 0 Å². The van der Waals surface area contributed by atoms with Crippen molar-refractivity contribution in [1.82, 2.24) is 10.6 Å². The Bertz CT molecular complexity index is 926. The summed E-state index contributed by atoms with van der Waals surface area (Å²) >= 11 is 10.8. The van der Waals surface area contributed by atoms with Gasteiger partial charge in [-0.05, 0) is 82.0 Å². The van der Waals surface area contributed by atoms with E-state index < -0.39 is 46.4 Å². The smallest absolute Gasteiger partial charge is 0.330 e. The number of esters is 3. The van der Waals surface area contributed by atoms with Crippen molar-refractivity contribution in [3.8, 4) is 0 Å². The molecule has 45 heavy (non-hydrogen) atoms. The van der Waals surface area contributed by atoms with Gasteiger partial charge in [-0.3, -0.25) is 19.2 Å². The molecule has 1 amide bonds. The van der Waals surface area contributed by atoms with E-state index in [2.05, 4.69) is 23.8 Å². The molecule has 2 N–H and O–H groups in total. The maximum Gasteiger partial charge on any atom is 0.330 e. The van der Waals surface area contributed by atoms with Crippen LogP contribution < -0.4 is 10.6 Å². The lowest BCUT2D eigenvalue weighted by atomic mass is 10.0. The monoisotopic (exact) mass is 682 g/mol. The van der Waals surface area contributed by atoms with Crippen LogP contribution in [0.4, 0.5) is 0 Å². The Morgan fingerprint density at radius 3 is 1.56 bits per heavy atom. The van der Waals surface area contributed by atoms with Gasteiger partial charge in [-0.2, -0.15) is 0 Å². The number of ketones is 1. The fourth-order valence-corrected chi connectivity index (χ4v) is 3.80. The first kappa shape index (κ1) is 49.1. The van der Waals surface area contributed by atoms with Gasteiger partial charge < -0.3 is 24.8 Å². The Kier molecular flexibility index (Phi) is 31.3. The lowest BCUT2D eigenvalue weighted by Crippen LogP contribution is -2.50. The Morgan fingerprint density at radius 1 is 0.778 bits per heavy atom. The lowest BCUT2D eigenvalue weighted by molar-refractivity contribution is -0.152. The molecule has 0 aliphatic rings. The van der Waals surface area contributed by atoms with Crippen LogP contribution in [-0.2, 0) is 43.0 Å². The van der Waals surface area contributed by atoms with Crippen LogP contribution in [-0.4, -0.2) is 78.7 Å². The Labute approximate surface area is 280 Å².